The maximum absolute atomic E-state index is 13.3. The van der Waals surface area contributed by atoms with Gasteiger partial charge in [-0.15, -0.1) is 0 Å². The number of anilines is 2. The van der Waals surface area contributed by atoms with Crippen LogP contribution >= 0.6 is 0 Å². The Morgan fingerprint density at radius 2 is 1.90 bits per heavy atom. The van der Waals surface area contributed by atoms with Gasteiger partial charge in [-0.3, -0.25) is 19.1 Å². The number of nitrogen functional groups attached to an aromatic ring is 1. The number of carbonyl (C=O) groups excluding carboxylic acids is 1. The molecule has 0 unspecified atom stereocenters. The van der Waals surface area contributed by atoms with E-state index in [0.29, 0.717) is 30.8 Å². The highest BCUT2D eigenvalue weighted by Crippen LogP contribution is 2.22. The van der Waals surface area contributed by atoms with Crippen LogP contribution in [0.1, 0.15) is 51.6 Å². The number of aromatic amines is 1. The number of hydrogen-bond donors (Lipinski definition) is 2. The number of aromatic nitrogens is 3. The minimum absolute atomic E-state index is 0.0112. The van der Waals surface area contributed by atoms with E-state index >= 15 is 0 Å². The Labute approximate surface area is 179 Å². The van der Waals surface area contributed by atoms with Crippen LogP contribution < -0.4 is 21.9 Å². The van der Waals surface area contributed by atoms with E-state index < -0.39 is 11.2 Å². The molecule has 2 heterocycles. The molecule has 9 nitrogen and oxygen atoms in total. The first-order valence-electron chi connectivity index (χ1n) is 10.7. The SMILES string of the molecule is CCCCCN(C(=O)Cc1noc2ccccc12)c1c(N)n(CCCC)c(=O)[nH]c1=O. The van der Waals surface area contributed by atoms with Crippen molar-refractivity contribution in [3.8, 4) is 0 Å². The molecular weight excluding hydrogens is 398 g/mol. The molecule has 1 amide bonds. The van der Waals surface area contributed by atoms with E-state index in [0.717, 1.165) is 31.1 Å². The number of benzene rings is 1. The van der Waals surface area contributed by atoms with E-state index in [9.17, 15) is 14.4 Å². The summed E-state index contributed by atoms with van der Waals surface area (Å²) < 4.78 is 6.63. The van der Waals surface area contributed by atoms with Crippen LogP contribution in [-0.4, -0.2) is 27.2 Å². The summed E-state index contributed by atoms with van der Waals surface area (Å²) >= 11 is 0. The predicted octanol–water partition coefficient (Wildman–Crippen LogP) is 2.83. The van der Waals surface area contributed by atoms with Crippen LogP contribution in [0.3, 0.4) is 0 Å². The van der Waals surface area contributed by atoms with Gasteiger partial charge in [0.05, 0.1) is 6.42 Å². The van der Waals surface area contributed by atoms with Crippen LogP contribution in [0.15, 0.2) is 38.4 Å². The van der Waals surface area contributed by atoms with Gasteiger partial charge >= 0.3 is 5.69 Å². The van der Waals surface area contributed by atoms with Gasteiger partial charge in [0, 0.05) is 18.5 Å². The normalized spacial score (nSPS) is 11.2. The molecule has 1 aromatic carbocycles. The fourth-order valence-corrected chi connectivity index (χ4v) is 3.56. The molecule has 3 rings (SSSR count). The van der Waals surface area contributed by atoms with Crippen molar-refractivity contribution >= 4 is 28.4 Å². The molecule has 31 heavy (non-hydrogen) atoms. The molecule has 0 spiro atoms. The quantitative estimate of drug-likeness (QED) is 0.479. The molecule has 0 fully saturated rings. The van der Waals surface area contributed by atoms with Gasteiger partial charge in [-0.05, 0) is 25.0 Å². The van der Waals surface area contributed by atoms with Crippen molar-refractivity contribution in [1.82, 2.24) is 14.7 Å². The largest absolute Gasteiger partial charge is 0.383 e. The first-order chi connectivity index (χ1) is 15.0. The summed E-state index contributed by atoms with van der Waals surface area (Å²) in [6.07, 6.45) is 4.09. The first-order valence-corrected chi connectivity index (χ1v) is 10.7. The number of nitrogens with zero attached hydrogens (tertiary/aromatic N) is 3. The summed E-state index contributed by atoms with van der Waals surface area (Å²) in [7, 11) is 0. The number of H-pyrrole nitrogens is 1. The lowest BCUT2D eigenvalue weighted by molar-refractivity contribution is -0.118. The zero-order valence-corrected chi connectivity index (χ0v) is 18.0. The monoisotopic (exact) mass is 427 g/mol. The van der Waals surface area contributed by atoms with Crippen LogP contribution in [0.25, 0.3) is 11.0 Å². The highest BCUT2D eigenvalue weighted by Gasteiger charge is 2.25. The van der Waals surface area contributed by atoms with Gasteiger partial charge in [-0.25, -0.2) is 4.79 Å². The number of hydrogen-bond acceptors (Lipinski definition) is 6. The molecule has 0 saturated heterocycles. The number of amides is 1. The minimum Gasteiger partial charge on any atom is -0.383 e. The standard InChI is InChI=1S/C22H29N5O4/c1-3-5-9-13-26(18(28)14-16-15-10-7-8-11-17(15)31-25-16)19-20(23)27(12-6-4-2)22(30)24-21(19)29/h7-8,10-11H,3-6,9,12-14,23H2,1-2H3,(H,24,29,30). The average molecular weight is 428 g/mol. The van der Waals surface area contributed by atoms with Crippen molar-refractivity contribution in [3.63, 3.8) is 0 Å². The Morgan fingerprint density at radius 1 is 1.16 bits per heavy atom. The smallest absolute Gasteiger partial charge is 0.330 e. The third kappa shape index (κ3) is 4.87. The Bertz CT molecular complexity index is 1160. The lowest BCUT2D eigenvalue weighted by Gasteiger charge is -2.24. The van der Waals surface area contributed by atoms with E-state index in [1.807, 2.05) is 25.1 Å². The average Bonchev–Trinajstić information content (AvgIpc) is 3.15. The van der Waals surface area contributed by atoms with Crippen molar-refractivity contribution in [2.24, 2.45) is 0 Å². The van der Waals surface area contributed by atoms with E-state index in [1.54, 1.807) is 6.07 Å². The van der Waals surface area contributed by atoms with Gasteiger partial charge in [0.2, 0.25) is 5.91 Å². The van der Waals surface area contributed by atoms with Crippen molar-refractivity contribution in [2.75, 3.05) is 17.2 Å². The van der Waals surface area contributed by atoms with Crippen molar-refractivity contribution in [3.05, 3.63) is 50.8 Å². The van der Waals surface area contributed by atoms with Gasteiger partial charge in [-0.1, -0.05) is 50.4 Å². The van der Waals surface area contributed by atoms with Crippen LogP contribution in [-0.2, 0) is 17.8 Å². The number of unbranched alkanes of at least 4 members (excludes halogenated alkanes) is 3. The molecule has 0 radical (unpaired) electrons. The molecule has 0 atom stereocenters. The number of nitrogens with two attached hydrogens (primary N) is 1. The second-order valence-electron chi connectivity index (χ2n) is 7.55. The van der Waals surface area contributed by atoms with Gasteiger partial charge in [-0.2, -0.15) is 0 Å². The third-order valence-electron chi connectivity index (χ3n) is 5.28. The Balaban J connectivity index is 1.99. The topological polar surface area (TPSA) is 127 Å². The van der Waals surface area contributed by atoms with Crippen LogP contribution in [0.5, 0.6) is 0 Å². The number of rotatable bonds is 10. The number of fused-ring (bicyclic) bond motifs is 1. The summed E-state index contributed by atoms with van der Waals surface area (Å²) in [6.45, 7) is 4.74. The molecule has 166 valence electrons. The van der Waals surface area contributed by atoms with E-state index in [4.69, 9.17) is 10.3 Å². The Morgan fingerprint density at radius 3 is 2.65 bits per heavy atom. The Hall–Kier alpha value is -3.36. The second kappa shape index (κ2) is 10.1. The van der Waals surface area contributed by atoms with Crippen molar-refractivity contribution < 1.29 is 9.32 Å². The van der Waals surface area contributed by atoms with E-state index in [1.165, 1.54) is 9.47 Å². The van der Waals surface area contributed by atoms with Gasteiger partial charge in [0.1, 0.15) is 11.5 Å². The molecule has 3 aromatic rings. The van der Waals surface area contributed by atoms with Crippen LogP contribution in [0, 0.1) is 0 Å². The highest BCUT2D eigenvalue weighted by molar-refractivity contribution is 5.98. The first kappa shape index (κ1) is 22.3. The highest BCUT2D eigenvalue weighted by atomic mass is 16.5. The summed E-state index contributed by atoms with van der Waals surface area (Å²) in [5, 5.41) is 4.78. The Kier molecular flexibility index (Phi) is 7.28. The molecule has 2 aromatic heterocycles. The molecule has 0 bridgehead atoms. The molecule has 9 heteroatoms. The van der Waals surface area contributed by atoms with E-state index in [2.05, 4.69) is 17.1 Å². The molecule has 0 aliphatic heterocycles. The zero-order chi connectivity index (χ0) is 22.4. The van der Waals surface area contributed by atoms with Gasteiger partial charge < -0.3 is 15.2 Å². The molecule has 3 N–H and O–H groups in total. The van der Waals surface area contributed by atoms with Crippen LogP contribution in [0.4, 0.5) is 11.5 Å². The fourth-order valence-electron chi connectivity index (χ4n) is 3.56. The molecule has 0 saturated carbocycles. The van der Waals surface area contributed by atoms with Gasteiger partial charge in [0.15, 0.2) is 11.3 Å². The number of para-hydroxylation sites is 1. The van der Waals surface area contributed by atoms with Crippen LogP contribution in [0.2, 0.25) is 0 Å². The van der Waals surface area contributed by atoms with Gasteiger partial charge in [0.25, 0.3) is 5.56 Å². The lowest BCUT2D eigenvalue weighted by atomic mass is 10.1. The second-order valence-corrected chi connectivity index (χ2v) is 7.55. The summed E-state index contributed by atoms with van der Waals surface area (Å²) in [5.41, 5.74) is 6.12. The minimum atomic E-state index is -0.662. The van der Waals surface area contributed by atoms with E-state index in [-0.39, 0.29) is 23.8 Å². The molecule has 0 aliphatic carbocycles. The summed E-state index contributed by atoms with van der Waals surface area (Å²) in [5.74, 6) is -0.315. The molecule has 0 aliphatic rings. The zero-order valence-electron chi connectivity index (χ0n) is 18.0. The van der Waals surface area contributed by atoms with Crippen molar-refractivity contribution in [1.29, 1.82) is 0 Å². The lowest BCUT2D eigenvalue weighted by Crippen LogP contribution is -2.42. The fraction of sp³-hybridized carbons (Fsp3) is 0.455. The third-order valence-corrected chi connectivity index (χ3v) is 5.28. The number of nitrogens with one attached hydrogen (secondary N) is 1. The maximum Gasteiger partial charge on any atom is 0.330 e. The summed E-state index contributed by atoms with van der Waals surface area (Å²) in [4.78, 5) is 42.0. The maximum atomic E-state index is 13.3. The van der Waals surface area contributed by atoms with Crippen molar-refractivity contribution in [2.45, 2.75) is 58.9 Å². The molecular formula is C22H29N5O4. The summed E-state index contributed by atoms with van der Waals surface area (Å²) in [6, 6.07) is 7.29. The predicted molar refractivity (Wildman–Crippen MR) is 120 cm³/mol. The number of carbonyl (C=O) groups is 1.